The number of rotatable bonds is 4. The van der Waals surface area contributed by atoms with Gasteiger partial charge in [0.25, 0.3) is 5.91 Å². The van der Waals surface area contributed by atoms with Crippen molar-refractivity contribution in [3.63, 3.8) is 0 Å². The number of hydrogen-bond acceptors (Lipinski definition) is 3. The van der Waals surface area contributed by atoms with Gasteiger partial charge >= 0.3 is 6.18 Å². The van der Waals surface area contributed by atoms with E-state index in [9.17, 15) is 18.0 Å². The monoisotopic (exact) mass is 351 g/mol. The molecule has 1 aliphatic heterocycles. The van der Waals surface area contributed by atoms with E-state index in [0.29, 0.717) is 25.2 Å². The molecule has 0 aliphatic carbocycles. The van der Waals surface area contributed by atoms with Gasteiger partial charge < -0.3 is 14.8 Å². The molecule has 4 nitrogen and oxygen atoms in total. The molecule has 1 amide bonds. The normalized spacial score (nSPS) is 17.3. The molecule has 0 aromatic heterocycles. The summed E-state index contributed by atoms with van der Waals surface area (Å²) in [6, 6.07) is 11.9. The molecule has 2 aromatic carbocycles. The smallest absolute Gasteiger partial charge is 0.418 e. The molecule has 0 saturated carbocycles. The highest BCUT2D eigenvalue weighted by Gasteiger charge is 2.35. The van der Waals surface area contributed by atoms with E-state index in [2.05, 4.69) is 5.32 Å². The number of alkyl halides is 3. The van der Waals surface area contributed by atoms with E-state index in [1.807, 2.05) is 0 Å². The van der Waals surface area contributed by atoms with Gasteiger partial charge in [-0.1, -0.05) is 18.2 Å². The number of carbonyl (C=O) groups excluding carboxylic acids is 1. The topological polar surface area (TPSA) is 47.6 Å². The van der Waals surface area contributed by atoms with Crippen LogP contribution in [0, 0.1) is 0 Å². The van der Waals surface area contributed by atoms with Crippen molar-refractivity contribution in [3.05, 3.63) is 54.1 Å². The van der Waals surface area contributed by atoms with E-state index in [1.54, 1.807) is 30.3 Å². The van der Waals surface area contributed by atoms with Crippen molar-refractivity contribution in [1.29, 1.82) is 0 Å². The summed E-state index contributed by atoms with van der Waals surface area (Å²) in [4.78, 5) is 12.0. The molecule has 1 saturated heterocycles. The lowest BCUT2D eigenvalue weighted by atomic mass is 10.1. The number of carbonyl (C=O) groups is 1. The van der Waals surface area contributed by atoms with Crippen LogP contribution in [0.25, 0.3) is 0 Å². The molecule has 1 unspecified atom stereocenters. The molecule has 1 fully saturated rings. The molecular weight excluding hydrogens is 335 g/mol. The third-order valence-electron chi connectivity index (χ3n) is 3.76. The maximum absolute atomic E-state index is 13.4. The largest absolute Gasteiger partial charge is 0.457 e. The number of hydrogen-bond donors (Lipinski definition) is 1. The molecular formula is C18H16F3NO3. The van der Waals surface area contributed by atoms with Crippen LogP contribution in [0.4, 0.5) is 18.9 Å². The van der Waals surface area contributed by atoms with E-state index in [0.717, 1.165) is 6.07 Å². The molecule has 1 N–H and O–H groups in total. The summed E-state index contributed by atoms with van der Waals surface area (Å²) >= 11 is 0. The predicted octanol–water partition coefficient (Wildman–Crippen LogP) is 4.62. The molecule has 1 aliphatic rings. The summed E-state index contributed by atoms with van der Waals surface area (Å²) in [6.07, 6.45) is -4.12. The first-order valence-corrected chi connectivity index (χ1v) is 7.80. The lowest BCUT2D eigenvalue weighted by Crippen LogP contribution is -2.28. The molecule has 0 bridgehead atoms. The Morgan fingerprint density at radius 2 is 1.88 bits per heavy atom. The third-order valence-corrected chi connectivity index (χ3v) is 3.76. The van der Waals surface area contributed by atoms with Gasteiger partial charge in [0.2, 0.25) is 0 Å². The zero-order valence-electron chi connectivity index (χ0n) is 13.2. The molecule has 7 heteroatoms. The summed E-state index contributed by atoms with van der Waals surface area (Å²) in [5.41, 5.74) is -1.28. The first kappa shape index (κ1) is 17.3. The molecule has 0 spiro atoms. The highest BCUT2D eigenvalue weighted by molar-refractivity contribution is 5.95. The summed E-state index contributed by atoms with van der Waals surface area (Å²) in [5.74, 6) is -0.111. The average molecular weight is 351 g/mol. The van der Waals surface area contributed by atoms with Gasteiger partial charge in [0.05, 0.1) is 11.3 Å². The maximum atomic E-state index is 13.4. The number of halogens is 3. The van der Waals surface area contributed by atoms with E-state index in [4.69, 9.17) is 9.47 Å². The molecule has 0 radical (unpaired) electrons. The van der Waals surface area contributed by atoms with Gasteiger partial charge in [0.1, 0.15) is 17.6 Å². The first-order chi connectivity index (χ1) is 11.9. The van der Waals surface area contributed by atoms with Crippen molar-refractivity contribution in [3.8, 4) is 11.5 Å². The second-order valence-electron chi connectivity index (χ2n) is 5.61. The second-order valence-corrected chi connectivity index (χ2v) is 5.61. The summed E-state index contributed by atoms with van der Waals surface area (Å²) in [7, 11) is 0. The van der Waals surface area contributed by atoms with Crippen LogP contribution in [-0.4, -0.2) is 18.6 Å². The predicted molar refractivity (Wildman–Crippen MR) is 85.6 cm³/mol. The van der Waals surface area contributed by atoms with Gasteiger partial charge in [-0.3, -0.25) is 4.79 Å². The lowest BCUT2D eigenvalue weighted by Gasteiger charge is -2.17. The number of benzene rings is 2. The number of nitrogens with one attached hydrogen (secondary N) is 1. The minimum atomic E-state index is -4.63. The SMILES string of the molecule is O=C(Nc1ccc(Oc2ccccc2)cc1C(F)(F)F)C1CCCO1. The molecule has 2 aromatic rings. The van der Waals surface area contributed by atoms with Crippen LogP contribution in [0.3, 0.4) is 0 Å². The van der Waals surface area contributed by atoms with Crippen molar-refractivity contribution < 1.29 is 27.4 Å². The minimum Gasteiger partial charge on any atom is -0.457 e. The molecule has 1 atom stereocenters. The lowest BCUT2D eigenvalue weighted by molar-refractivity contribution is -0.137. The maximum Gasteiger partial charge on any atom is 0.418 e. The number of amides is 1. The van der Waals surface area contributed by atoms with Gasteiger partial charge in [-0.05, 0) is 43.2 Å². The van der Waals surface area contributed by atoms with Crippen LogP contribution in [0.2, 0.25) is 0 Å². The Kier molecular flexibility index (Phi) is 4.94. The van der Waals surface area contributed by atoms with Crippen molar-refractivity contribution in [2.45, 2.75) is 25.1 Å². The average Bonchev–Trinajstić information content (AvgIpc) is 3.11. The van der Waals surface area contributed by atoms with Crippen molar-refractivity contribution in [2.24, 2.45) is 0 Å². The van der Waals surface area contributed by atoms with Gasteiger partial charge in [0, 0.05) is 6.61 Å². The summed E-state index contributed by atoms with van der Waals surface area (Å²) < 4.78 is 50.7. The Bertz CT molecular complexity index is 741. The fourth-order valence-electron chi connectivity index (χ4n) is 2.55. The Hall–Kier alpha value is -2.54. The van der Waals surface area contributed by atoms with Crippen LogP contribution in [-0.2, 0) is 15.7 Å². The standard InChI is InChI=1S/C18H16F3NO3/c19-18(20,21)14-11-13(25-12-5-2-1-3-6-12)8-9-15(14)22-17(23)16-7-4-10-24-16/h1-3,5-6,8-9,11,16H,4,7,10H2,(H,22,23). The molecule has 1 heterocycles. The van der Waals surface area contributed by atoms with Gasteiger partial charge in [-0.15, -0.1) is 0 Å². The third kappa shape index (κ3) is 4.30. The first-order valence-electron chi connectivity index (χ1n) is 7.80. The Balaban J connectivity index is 1.84. The molecule has 3 rings (SSSR count). The van der Waals surface area contributed by atoms with Crippen molar-refractivity contribution in [2.75, 3.05) is 11.9 Å². The fraction of sp³-hybridized carbons (Fsp3) is 0.278. The van der Waals surface area contributed by atoms with E-state index in [-0.39, 0.29) is 11.4 Å². The van der Waals surface area contributed by atoms with E-state index in [1.165, 1.54) is 12.1 Å². The van der Waals surface area contributed by atoms with Crippen molar-refractivity contribution in [1.82, 2.24) is 0 Å². The van der Waals surface area contributed by atoms with Crippen LogP contribution < -0.4 is 10.1 Å². The number of ether oxygens (including phenoxy) is 2. The van der Waals surface area contributed by atoms with E-state index >= 15 is 0 Å². The van der Waals surface area contributed by atoms with Crippen LogP contribution in [0.1, 0.15) is 18.4 Å². The number of anilines is 1. The van der Waals surface area contributed by atoms with Crippen LogP contribution >= 0.6 is 0 Å². The summed E-state index contributed by atoms with van der Waals surface area (Å²) in [6.45, 7) is 0.439. The van der Waals surface area contributed by atoms with Gasteiger partial charge in [-0.2, -0.15) is 13.2 Å². The highest BCUT2D eigenvalue weighted by atomic mass is 19.4. The fourth-order valence-corrected chi connectivity index (χ4v) is 2.55. The van der Waals surface area contributed by atoms with Crippen LogP contribution in [0.15, 0.2) is 48.5 Å². The van der Waals surface area contributed by atoms with E-state index < -0.39 is 23.8 Å². The van der Waals surface area contributed by atoms with Gasteiger partial charge in [-0.25, -0.2) is 0 Å². The quantitative estimate of drug-likeness (QED) is 0.875. The Morgan fingerprint density at radius 3 is 2.52 bits per heavy atom. The molecule has 132 valence electrons. The Morgan fingerprint density at radius 1 is 1.12 bits per heavy atom. The minimum absolute atomic E-state index is 0.0358. The van der Waals surface area contributed by atoms with Crippen LogP contribution in [0.5, 0.6) is 11.5 Å². The van der Waals surface area contributed by atoms with Gasteiger partial charge in [0.15, 0.2) is 0 Å². The highest BCUT2D eigenvalue weighted by Crippen LogP contribution is 2.38. The molecule has 25 heavy (non-hydrogen) atoms. The zero-order valence-corrected chi connectivity index (χ0v) is 13.2. The number of para-hydroxylation sites is 1. The summed E-state index contributed by atoms with van der Waals surface area (Å²) in [5, 5.41) is 2.31. The second kappa shape index (κ2) is 7.14. The van der Waals surface area contributed by atoms with Crippen molar-refractivity contribution >= 4 is 11.6 Å². The zero-order chi connectivity index (χ0) is 17.9. The Labute approximate surface area is 142 Å².